The molecule has 2 atom stereocenters. The highest BCUT2D eigenvalue weighted by Gasteiger charge is 2.34. The summed E-state index contributed by atoms with van der Waals surface area (Å²) in [5, 5.41) is 6.33. The minimum Gasteiger partial charge on any atom is -0.349 e. The first-order valence-corrected chi connectivity index (χ1v) is 7.16. The van der Waals surface area contributed by atoms with E-state index < -0.39 is 17.6 Å². The molecule has 3 nitrogen and oxygen atoms in total. The van der Waals surface area contributed by atoms with Gasteiger partial charge < -0.3 is 10.6 Å². The summed E-state index contributed by atoms with van der Waals surface area (Å²) >= 11 is 0. The van der Waals surface area contributed by atoms with E-state index in [4.69, 9.17) is 0 Å². The molecular formula is C15H17F3N2O. The maximum absolute atomic E-state index is 12.7. The first-order chi connectivity index (χ1) is 9.91. The number of piperidine rings is 1. The Hall–Kier alpha value is -1.56. The number of carbonyl (C=O) groups excluding carboxylic acids is 1. The van der Waals surface area contributed by atoms with Crippen LogP contribution in [0.15, 0.2) is 24.3 Å². The number of rotatable bonds is 2. The average Bonchev–Trinajstić information content (AvgIpc) is 2.77. The second kappa shape index (κ2) is 5.33. The van der Waals surface area contributed by atoms with E-state index in [1.165, 1.54) is 12.1 Å². The lowest BCUT2D eigenvalue weighted by Gasteiger charge is -2.29. The van der Waals surface area contributed by atoms with Crippen molar-refractivity contribution in [1.82, 2.24) is 10.6 Å². The van der Waals surface area contributed by atoms with Crippen LogP contribution >= 0.6 is 0 Å². The summed E-state index contributed by atoms with van der Waals surface area (Å²) in [5.74, 6) is -0.424. The Bertz CT molecular complexity index is 532. The van der Waals surface area contributed by atoms with Crippen molar-refractivity contribution in [2.45, 2.75) is 50.0 Å². The van der Waals surface area contributed by atoms with Crippen molar-refractivity contribution >= 4 is 5.91 Å². The van der Waals surface area contributed by atoms with E-state index in [0.717, 1.165) is 37.8 Å². The van der Waals surface area contributed by atoms with Crippen LogP contribution in [0.4, 0.5) is 13.2 Å². The molecule has 1 amide bonds. The minimum absolute atomic E-state index is 0.0470. The van der Waals surface area contributed by atoms with Crippen LogP contribution in [0.2, 0.25) is 0 Å². The highest BCUT2D eigenvalue weighted by molar-refractivity contribution is 5.94. The van der Waals surface area contributed by atoms with E-state index >= 15 is 0 Å². The van der Waals surface area contributed by atoms with Gasteiger partial charge in [0, 0.05) is 23.7 Å². The van der Waals surface area contributed by atoms with Crippen LogP contribution in [-0.2, 0) is 6.18 Å². The summed E-state index contributed by atoms with van der Waals surface area (Å²) in [5.41, 5.74) is -0.726. The molecule has 2 aliphatic rings. The van der Waals surface area contributed by atoms with Crippen LogP contribution in [-0.4, -0.2) is 24.0 Å². The number of halogens is 3. The molecule has 0 saturated carbocycles. The summed E-state index contributed by atoms with van der Waals surface area (Å²) in [4.78, 5) is 12.1. The molecule has 1 aromatic carbocycles. The van der Waals surface area contributed by atoms with E-state index in [0.29, 0.717) is 12.1 Å². The molecule has 0 spiro atoms. The van der Waals surface area contributed by atoms with Crippen LogP contribution < -0.4 is 10.6 Å². The maximum atomic E-state index is 12.7. The normalized spacial score (nSPS) is 28.4. The smallest absolute Gasteiger partial charge is 0.349 e. The van der Waals surface area contributed by atoms with Gasteiger partial charge in [0.1, 0.15) is 0 Å². The molecule has 0 aliphatic carbocycles. The van der Waals surface area contributed by atoms with Crippen LogP contribution in [0, 0.1) is 0 Å². The second-order valence-electron chi connectivity index (χ2n) is 5.86. The molecule has 0 aromatic heterocycles. The summed E-state index contributed by atoms with van der Waals surface area (Å²) < 4.78 is 38.0. The number of carbonyl (C=O) groups is 1. The highest BCUT2D eigenvalue weighted by atomic mass is 19.4. The topological polar surface area (TPSA) is 41.1 Å². The quantitative estimate of drug-likeness (QED) is 0.881. The van der Waals surface area contributed by atoms with E-state index in [2.05, 4.69) is 10.6 Å². The summed E-state index contributed by atoms with van der Waals surface area (Å²) in [6, 6.07) is 5.47. The van der Waals surface area contributed by atoms with Crippen LogP contribution in [0.3, 0.4) is 0 Å². The molecular weight excluding hydrogens is 281 g/mol. The monoisotopic (exact) mass is 298 g/mol. The van der Waals surface area contributed by atoms with Crippen molar-refractivity contribution in [3.05, 3.63) is 35.4 Å². The van der Waals surface area contributed by atoms with Crippen LogP contribution in [0.1, 0.15) is 41.6 Å². The molecule has 2 unspecified atom stereocenters. The van der Waals surface area contributed by atoms with Gasteiger partial charge in [-0.05, 0) is 43.9 Å². The molecule has 2 saturated heterocycles. The highest BCUT2D eigenvalue weighted by Crippen LogP contribution is 2.30. The number of fused-ring (bicyclic) bond motifs is 2. The number of hydrogen-bond acceptors (Lipinski definition) is 2. The minimum atomic E-state index is -4.43. The predicted octanol–water partition coefficient (Wildman–Crippen LogP) is 2.72. The van der Waals surface area contributed by atoms with Gasteiger partial charge in [-0.3, -0.25) is 4.79 Å². The molecule has 0 radical (unpaired) electrons. The third-order valence-corrected chi connectivity index (χ3v) is 4.26. The molecule has 2 heterocycles. The van der Waals surface area contributed by atoms with E-state index in [9.17, 15) is 18.0 Å². The Morgan fingerprint density at radius 2 is 1.86 bits per heavy atom. The Kier molecular flexibility index (Phi) is 3.65. The zero-order chi connectivity index (χ0) is 15.0. The van der Waals surface area contributed by atoms with Gasteiger partial charge in [-0.2, -0.15) is 13.2 Å². The third-order valence-electron chi connectivity index (χ3n) is 4.26. The van der Waals surface area contributed by atoms with Gasteiger partial charge in [0.25, 0.3) is 5.91 Å². The first-order valence-electron chi connectivity index (χ1n) is 7.16. The van der Waals surface area contributed by atoms with Gasteiger partial charge in [-0.15, -0.1) is 0 Å². The van der Waals surface area contributed by atoms with E-state index in [-0.39, 0.29) is 11.6 Å². The Labute approximate surface area is 120 Å². The summed E-state index contributed by atoms with van der Waals surface area (Å²) in [6.45, 7) is 0. The Balaban J connectivity index is 1.68. The molecule has 6 heteroatoms. The van der Waals surface area contributed by atoms with Crippen LogP contribution in [0.25, 0.3) is 0 Å². The van der Waals surface area contributed by atoms with Crippen LogP contribution in [0.5, 0.6) is 0 Å². The number of hydrogen-bond donors (Lipinski definition) is 2. The third kappa shape index (κ3) is 3.20. The Morgan fingerprint density at radius 3 is 2.48 bits per heavy atom. The van der Waals surface area contributed by atoms with Gasteiger partial charge >= 0.3 is 6.18 Å². The van der Waals surface area contributed by atoms with Crippen molar-refractivity contribution in [3.63, 3.8) is 0 Å². The zero-order valence-corrected chi connectivity index (χ0v) is 11.4. The predicted molar refractivity (Wildman–Crippen MR) is 71.9 cm³/mol. The lowest BCUT2D eigenvalue weighted by atomic mass is 9.99. The summed E-state index contributed by atoms with van der Waals surface area (Å²) in [7, 11) is 0. The molecule has 2 bridgehead atoms. The van der Waals surface area contributed by atoms with Crippen molar-refractivity contribution in [2.24, 2.45) is 0 Å². The van der Waals surface area contributed by atoms with Crippen molar-refractivity contribution in [3.8, 4) is 0 Å². The fourth-order valence-electron chi connectivity index (χ4n) is 3.28. The summed E-state index contributed by atoms with van der Waals surface area (Å²) in [6.07, 6.45) is -0.506. The van der Waals surface area contributed by atoms with Gasteiger partial charge in [-0.1, -0.05) is 6.07 Å². The standard InChI is InChI=1S/C15H17F3N2O/c16-15(17,18)10-3-1-2-9(6-10)14(21)20-13-7-11-4-5-12(8-13)19-11/h1-3,6,11-13,19H,4-5,7-8H2,(H,20,21). The molecule has 2 aliphatic heterocycles. The van der Waals surface area contributed by atoms with E-state index in [1.54, 1.807) is 0 Å². The van der Waals surface area contributed by atoms with Gasteiger partial charge in [0.2, 0.25) is 0 Å². The zero-order valence-electron chi connectivity index (χ0n) is 11.4. The fraction of sp³-hybridized carbons (Fsp3) is 0.533. The van der Waals surface area contributed by atoms with Gasteiger partial charge in [-0.25, -0.2) is 0 Å². The van der Waals surface area contributed by atoms with Crippen molar-refractivity contribution in [2.75, 3.05) is 0 Å². The molecule has 2 N–H and O–H groups in total. The largest absolute Gasteiger partial charge is 0.416 e. The maximum Gasteiger partial charge on any atom is 0.416 e. The number of amides is 1. The fourth-order valence-corrected chi connectivity index (χ4v) is 3.28. The Morgan fingerprint density at radius 1 is 1.19 bits per heavy atom. The molecule has 2 fully saturated rings. The molecule has 114 valence electrons. The lowest BCUT2D eigenvalue weighted by molar-refractivity contribution is -0.137. The van der Waals surface area contributed by atoms with Crippen molar-refractivity contribution in [1.29, 1.82) is 0 Å². The SMILES string of the molecule is O=C(NC1CC2CCC(C1)N2)c1cccc(C(F)(F)F)c1. The van der Waals surface area contributed by atoms with Gasteiger partial charge in [0.15, 0.2) is 0 Å². The number of alkyl halides is 3. The first kappa shape index (κ1) is 14.4. The molecule has 3 rings (SSSR count). The second-order valence-corrected chi connectivity index (χ2v) is 5.86. The average molecular weight is 298 g/mol. The number of nitrogens with one attached hydrogen (secondary N) is 2. The molecule has 21 heavy (non-hydrogen) atoms. The van der Waals surface area contributed by atoms with Gasteiger partial charge in [0.05, 0.1) is 5.56 Å². The van der Waals surface area contributed by atoms with E-state index in [1.807, 2.05) is 0 Å². The lowest BCUT2D eigenvalue weighted by Crippen LogP contribution is -2.48. The number of benzene rings is 1. The van der Waals surface area contributed by atoms with Crippen molar-refractivity contribution < 1.29 is 18.0 Å². The molecule has 1 aromatic rings.